The first kappa shape index (κ1) is 16.8. The molecule has 0 radical (unpaired) electrons. The number of methoxy groups -OCH3 is 2. The average molecular weight is 344 g/mol. The molecule has 0 fully saturated rings. The van der Waals surface area contributed by atoms with Crippen LogP contribution in [0.5, 0.6) is 0 Å². The standard InChI is InChI=1S/C18H16O7/c1-21-10-13-12-5-3-4-6-14(12)25-16(13)18(20)24-9-11-7-8-23-15(11)17(19)22-2/h3-8H,9-10H2,1-2H3. The highest BCUT2D eigenvalue weighted by atomic mass is 16.6. The van der Waals surface area contributed by atoms with E-state index in [2.05, 4.69) is 4.74 Å². The van der Waals surface area contributed by atoms with Crippen LogP contribution in [-0.2, 0) is 27.4 Å². The molecule has 0 N–H and O–H groups in total. The van der Waals surface area contributed by atoms with Crippen molar-refractivity contribution >= 4 is 22.9 Å². The van der Waals surface area contributed by atoms with E-state index in [-0.39, 0.29) is 24.7 Å². The normalized spacial score (nSPS) is 10.8. The number of carbonyl (C=O) groups excluding carboxylic acids is 2. The lowest BCUT2D eigenvalue weighted by atomic mass is 10.1. The van der Waals surface area contributed by atoms with E-state index in [0.29, 0.717) is 16.7 Å². The molecule has 2 aromatic heterocycles. The number of rotatable bonds is 6. The molecule has 130 valence electrons. The Labute approximate surface area is 143 Å². The number of para-hydroxylation sites is 1. The zero-order valence-electron chi connectivity index (χ0n) is 13.7. The van der Waals surface area contributed by atoms with Gasteiger partial charge in [-0.15, -0.1) is 0 Å². The molecule has 7 heteroatoms. The fraction of sp³-hybridized carbons (Fsp3) is 0.222. The predicted octanol–water partition coefficient (Wildman–Crippen LogP) is 3.32. The highest BCUT2D eigenvalue weighted by molar-refractivity contribution is 5.96. The van der Waals surface area contributed by atoms with Crippen molar-refractivity contribution in [3.63, 3.8) is 0 Å². The van der Waals surface area contributed by atoms with E-state index in [0.717, 1.165) is 5.39 Å². The molecule has 0 spiro atoms. The van der Waals surface area contributed by atoms with Crippen molar-refractivity contribution in [1.82, 2.24) is 0 Å². The Morgan fingerprint density at radius 2 is 1.80 bits per heavy atom. The molecule has 0 saturated carbocycles. The van der Waals surface area contributed by atoms with E-state index in [9.17, 15) is 9.59 Å². The van der Waals surface area contributed by atoms with Crippen LogP contribution in [0, 0.1) is 0 Å². The maximum Gasteiger partial charge on any atom is 0.374 e. The van der Waals surface area contributed by atoms with Crippen LogP contribution in [0.15, 0.2) is 45.4 Å². The molecular weight excluding hydrogens is 328 g/mol. The molecule has 0 atom stereocenters. The van der Waals surface area contributed by atoms with Crippen molar-refractivity contribution in [3.8, 4) is 0 Å². The quantitative estimate of drug-likeness (QED) is 0.634. The first-order valence-corrected chi connectivity index (χ1v) is 7.46. The highest BCUT2D eigenvalue weighted by Gasteiger charge is 2.23. The Morgan fingerprint density at radius 3 is 2.56 bits per heavy atom. The minimum atomic E-state index is -0.653. The summed E-state index contributed by atoms with van der Waals surface area (Å²) in [4.78, 5) is 24.0. The number of hydrogen-bond acceptors (Lipinski definition) is 7. The Bertz CT molecular complexity index is 903. The average Bonchev–Trinajstić information content (AvgIpc) is 3.24. The minimum absolute atomic E-state index is 0.00276. The van der Waals surface area contributed by atoms with Crippen molar-refractivity contribution in [2.75, 3.05) is 14.2 Å². The smallest absolute Gasteiger partial charge is 0.374 e. The van der Waals surface area contributed by atoms with Gasteiger partial charge in [0.2, 0.25) is 11.5 Å². The summed E-state index contributed by atoms with van der Waals surface area (Å²) in [6.45, 7) is 0.0593. The van der Waals surface area contributed by atoms with Crippen molar-refractivity contribution in [2.24, 2.45) is 0 Å². The summed E-state index contributed by atoms with van der Waals surface area (Å²) in [6.07, 6.45) is 1.33. The van der Waals surface area contributed by atoms with Gasteiger partial charge >= 0.3 is 11.9 Å². The zero-order valence-corrected chi connectivity index (χ0v) is 13.7. The summed E-state index contributed by atoms with van der Waals surface area (Å²) in [5, 5.41) is 0.787. The summed E-state index contributed by atoms with van der Waals surface area (Å²) in [7, 11) is 2.77. The Kier molecular flexibility index (Phi) is 4.85. The molecule has 1 aromatic carbocycles. The van der Waals surface area contributed by atoms with Crippen LogP contribution in [-0.4, -0.2) is 26.2 Å². The third-order valence-electron chi connectivity index (χ3n) is 3.65. The summed E-state index contributed by atoms with van der Waals surface area (Å²) in [5.41, 5.74) is 1.59. The molecule has 25 heavy (non-hydrogen) atoms. The maximum absolute atomic E-state index is 12.4. The molecular formula is C18H16O7. The lowest BCUT2D eigenvalue weighted by molar-refractivity contribution is 0.0418. The molecule has 3 aromatic rings. The zero-order chi connectivity index (χ0) is 17.8. The lowest BCUT2D eigenvalue weighted by Crippen LogP contribution is -2.09. The van der Waals surface area contributed by atoms with Gasteiger partial charge in [0.15, 0.2) is 0 Å². The Morgan fingerprint density at radius 1 is 1.00 bits per heavy atom. The van der Waals surface area contributed by atoms with Crippen molar-refractivity contribution < 1.29 is 32.6 Å². The van der Waals surface area contributed by atoms with E-state index < -0.39 is 11.9 Å². The van der Waals surface area contributed by atoms with Gasteiger partial charge < -0.3 is 23.0 Å². The highest BCUT2D eigenvalue weighted by Crippen LogP contribution is 2.27. The van der Waals surface area contributed by atoms with Gasteiger partial charge in [0.25, 0.3) is 0 Å². The van der Waals surface area contributed by atoms with Crippen molar-refractivity contribution in [2.45, 2.75) is 13.2 Å². The van der Waals surface area contributed by atoms with E-state index >= 15 is 0 Å². The van der Waals surface area contributed by atoms with E-state index in [4.69, 9.17) is 18.3 Å². The molecule has 0 aliphatic carbocycles. The first-order valence-electron chi connectivity index (χ1n) is 7.46. The number of hydrogen-bond donors (Lipinski definition) is 0. The van der Waals surface area contributed by atoms with Crippen LogP contribution >= 0.6 is 0 Å². The fourth-order valence-corrected chi connectivity index (χ4v) is 2.48. The molecule has 0 saturated heterocycles. The van der Waals surface area contributed by atoms with Crippen LogP contribution in [0.2, 0.25) is 0 Å². The van der Waals surface area contributed by atoms with Crippen LogP contribution < -0.4 is 0 Å². The molecule has 0 amide bonds. The van der Waals surface area contributed by atoms with Crippen LogP contribution in [0.1, 0.15) is 32.2 Å². The number of esters is 2. The second kappa shape index (κ2) is 7.23. The van der Waals surface area contributed by atoms with Crippen molar-refractivity contribution in [3.05, 3.63) is 59.2 Å². The summed E-state index contributed by atoms with van der Waals surface area (Å²) < 4.78 is 25.7. The number of carbonyl (C=O) groups is 2. The molecule has 0 bridgehead atoms. The molecule has 0 aliphatic heterocycles. The SMILES string of the molecule is COCc1c(C(=O)OCc2ccoc2C(=O)OC)oc2ccccc12. The molecule has 0 unspecified atom stereocenters. The van der Waals surface area contributed by atoms with E-state index in [1.165, 1.54) is 26.5 Å². The van der Waals surface area contributed by atoms with Crippen molar-refractivity contribution in [1.29, 1.82) is 0 Å². The van der Waals surface area contributed by atoms with Crippen LogP contribution in [0.3, 0.4) is 0 Å². The van der Waals surface area contributed by atoms with Crippen LogP contribution in [0.4, 0.5) is 0 Å². The van der Waals surface area contributed by atoms with Gasteiger partial charge in [0, 0.05) is 23.6 Å². The lowest BCUT2D eigenvalue weighted by Gasteiger charge is -2.05. The predicted molar refractivity (Wildman–Crippen MR) is 86.1 cm³/mol. The molecule has 7 nitrogen and oxygen atoms in total. The van der Waals surface area contributed by atoms with E-state index in [1.807, 2.05) is 18.2 Å². The fourth-order valence-electron chi connectivity index (χ4n) is 2.48. The third-order valence-corrected chi connectivity index (χ3v) is 3.65. The van der Waals surface area contributed by atoms with Gasteiger partial charge in [-0.25, -0.2) is 9.59 Å². The topological polar surface area (TPSA) is 88.1 Å². The summed E-state index contributed by atoms with van der Waals surface area (Å²) in [6, 6.07) is 8.80. The monoisotopic (exact) mass is 344 g/mol. The summed E-state index contributed by atoms with van der Waals surface area (Å²) in [5.74, 6) is -1.22. The van der Waals surface area contributed by atoms with Gasteiger partial charge in [0.05, 0.1) is 20.0 Å². The van der Waals surface area contributed by atoms with Gasteiger partial charge in [-0.2, -0.15) is 0 Å². The number of fused-ring (bicyclic) bond motifs is 1. The first-order chi connectivity index (χ1) is 12.2. The minimum Gasteiger partial charge on any atom is -0.463 e. The Balaban J connectivity index is 1.82. The second-order valence-electron chi connectivity index (χ2n) is 5.18. The van der Waals surface area contributed by atoms with Gasteiger partial charge in [-0.1, -0.05) is 18.2 Å². The van der Waals surface area contributed by atoms with Crippen LogP contribution in [0.25, 0.3) is 11.0 Å². The summed E-state index contributed by atoms with van der Waals surface area (Å²) >= 11 is 0. The van der Waals surface area contributed by atoms with Gasteiger partial charge in [-0.05, 0) is 12.1 Å². The Hall–Kier alpha value is -3.06. The molecule has 2 heterocycles. The number of furan rings is 2. The van der Waals surface area contributed by atoms with Gasteiger partial charge in [-0.3, -0.25) is 0 Å². The van der Waals surface area contributed by atoms with Gasteiger partial charge in [0.1, 0.15) is 12.2 Å². The third kappa shape index (κ3) is 3.27. The molecule has 3 rings (SSSR count). The number of ether oxygens (including phenoxy) is 3. The number of benzene rings is 1. The maximum atomic E-state index is 12.4. The second-order valence-corrected chi connectivity index (χ2v) is 5.18. The largest absolute Gasteiger partial charge is 0.463 e. The van der Waals surface area contributed by atoms with E-state index in [1.54, 1.807) is 6.07 Å². The molecule has 0 aliphatic rings.